The van der Waals surface area contributed by atoms with E-state index in [-0.39, 0.29) is 6.04 Å². The Morgan fingerprint density at radius 1 is 1.25 bits per heavy atom. The van der Waals surface area contributed by atoms with Gasteiger partial charge in [0.05, 0.1) is 7.11 Å². The first-order valence-electron chi connectivity index (χ1n) is 6.72. The number of benzene rings is 1. The predicted octanol–water partition coefficient (Wildman–Crippen LogP) is 3.64. The van der Waals surface area contributed by atoms with Crippen molar-refractivity contribution in [3.05, 3.63) is 58.7 Å². The highest BCUT2D eigenvalue weighted by molar-refractivity contribution is 6.31. The van der Waals surface area contributed by atoms with Crippen LogP contribution in [-0.4, -0.2) is 18.6 Å². The molecule has 0 aliphatic rings. The molecule has 2 rings (SSSR count). The fraction of sp³-hybridized carbons (Fsp3) is 0.312. The van der Waals surface area contributed by atoms with Gasteiger partial charge in [-0.1, -0.05) is 42.8 Å². The smallest absolute Gasteiger partial charge is 0.217 e. The molecule has 1 N–H and O–H groups in total. The highest BCUT2D eigenvalue weighted by Crippen LogP contribution is 2.27. The molecule has 1 atom stereocenters. The second-order valence-corrected chi connectivity index (χ2v) is 4.91. The number of nitrogens with one attached hydrogen (secondary N) is 1. The van der Waals surface area contributed by atoms with E-state index < -0.39 is 0 Å². The summed E-state index contributed by atoms with van der Waals surface area (Å²) in [6.07, 6.45) is 2.54. The van der Waals surface area contributed by atoms with Gasteiger partial charge in [0.15, 0.2) is 0 Å². The van der Waals surface area contributed by atoms with Gasteiger partial charge in [0, 0.05) is 22.8 Å². The van der Waals surface area contributed by atoms with E-state index >= 15 is 0 Å². The SMILES string of the molecule is CCNC(Cc1ccccc1Cl)c1cccnc1OC. The minimum atomic E-state index is 0.128. The molecule has 0 aliphatic heterocycles. The Kier molecular flexibility index (Phi) is 5.39. The van der Waals surface area contributed by atoms with Crippen molar-refractivity contribution < 1.29 is 4.74 Å². The first kappa shape index (κ1) is 14.8. The first-order valence-corrected chi connectivity index (χ1v) is 7.09. The van der Waals surface area contributed by atoms with Gasteiger partial charge in [-0.2, -0.15) is 0 Å². The standard InChI is InChI=1S/C16H19ClN2O/c1-3-18-15(11-12-7-4-5-9-14(12)17)13-8-6-10-19-16(13)20-2/h4-10,15,18H,3,11H2,1-2H3. The molecule has 2 aromatic rings. The molecule has 4 heteroatoms. The van der Waals surface area contributed by atoms with E-state index in [0.717, 1.165) is 29.1 Å². The van der Waals surface area contributed by atoms with Crippen LogP contribution >= 0.6 is 11.6 Å². The van der Waals surface area contributed by atoms with Crippen LogP contribution in [0.25, 0.3) is 0 Å². The van der Waals surface area contributed by atoms with Crippen LogP contribution in [0.15, 0.2) is 42.6 Å². The van der Waals surface area contributed by atoms with E-state index in [1.165, 1.54) is 0 Å². The maximum Gasteiger partial charge on any atom is 0.217 e. The van der Waals surface area contributed by atoms with Gasteiger partial charge in [-0.25, -0.2) is 4.98 Å². The van der Waals surface area contributed by atoms with E-state index in [4.69, 9.17) is 16.3 Å². The zero-order chi connectivity index (χ0) is 14.4. The van der Waals surface area contributed by atoms with Crippen LogP contribution in [0.4, 0.5) is 0 Å². The summed E-state index contributed by atoms with van der Waals surface area (Å²) in [5.74, 6) is 0.658. The largest absolute Gasteiger partial charge is 0.481 e. The molecule has 0 bridgehead atoms. The average Bonchev–Trinajstić information content (AvgIpc) is 2.49. The molecular formula is C16H19ClN2O. The number of ether oxygens (including phenoxy) is 1. The summed E-state index contributed by atoms with van der Waals surface area (Å²) >= 11 is 6.25. The zero-order valence-corrected chi connectivity index (χ0v) is 12.5. The number of methoxy groups -OCH3 is 1. The molecule has 1 unspecified atom stereocenters. The fourth-order valence-corrected chi connectivity index (χ4v) is 2.47. The van der Waals surface area contributed by atoms with Crippen LogP contribution in [0.5, 0.6) is 5.88 Å². The van der Waals surface area contributed by atoms with Crippen molar-refractivity contribution >= 4 is 11.6 Å². The third-order valence-corrected chi connectivity index (χ3v) is 3.57. The molecule has 1 heterocycles. The van der Waals surface area contributed by atoms with Crippen molar-refractivity contribution in [2.45, 2.75) is 19.4 Å². The van der Waals surface area contributed by atoms with E-state index in [0.29, 0.717) is 5.88 Å². The summed E-state index contributed by atoms with van der Waals surface area (Å²) in [5.41, 5.74) is 2.17. The monoisotopic (exact) mass is 290 g/mol. The first-order chi connectivity index (χ1) is 9.76. The van der Waals surface area contributed by atoms with Gasteiger partial charge < -0.3 is 10.1 Å². The topological polar surface area (TPSA) is 34.2 Å². The van der Waals surface area contributed by atoms with Crippen LogP contribution in [0.3, 0.4) is 0 Å². The lowest BCUT2D eigenvalue weighted by atomic mass is 9.99. The quantitative estimate of drug-likeness (QED) is 0.882. The van der Waals surface area contributed by atoms with Gasteiger partial charge in [0.25, 0.3) is 0 Å². The lowest BCUT2D eigenvalue weighted by molar-refractivity contribution is 0.382. The van der Waals surface area contributed by atoms with Crippen LogP contribution in [0.2, 0.25) is 5.02 Å². The van der Waals surface area contributed by atoms with Gasteiger partial charge in [-0.3, -0.25) is 0 Å². The van der Waals surface area contributed by atoms with Crippen LogP contribution < -0.4 is 10.1 Å². The number of pyridine rings is 1. The molecule has 20 heavy (non-hydrogen) atoms. The molecule has 0 saturated heterocycles. The number of aromatic nitrogens is 1. The van der Waals surface area contributed by atoms with Gasteiger partial charge in [-0.15, -0.1) is 0 Å². The van der Waals surface area contributed by atoms with Crippen molar-refractivity contribution in [2.75, 3.05) is 13.7 Å². The average molecular weight is 291 g/mol. The Hall–Kier alpha value is -1.58. The van der Waals surface area contributed by atoms with Crippen molar-refractivity contribution in [3.63, 3.8) is 0 Å². The molecule has 0 fully saturated rings. The second kappa shape index (κ2) is 7.27. The summed E-state index contributed by atoms with van der Waals surface area (Å²) in [6.45, 7) is 2.95. The third kappa shape index (κ3) is 3.50. The summed E-state index contributed by atoms with van der Waals surface area (Å²) in [5, 5.41) is 4.26. The number of halogens is 1. The number of hydrogen-bond donors (Lipinski definition) is 1. The predicted molar refractivity (Wildman–Crippen MR) is 82.4 cm³/mol. The van der Waals surface area contributed by atoms with Crippen molar-refractivity contribution in [2.24, 2.45) is 0 Å². The highest BCUT2D eigenvalue weighted by Gasteiger charge is 2.17. The molecule has 0 saturated carbocycles. The van der Waals surface area contributed by atoms with Crippen LogP contribution in [-0.2, 0) is 6.42 Å². The lowest BCUT2D eigenvalue weighted by Gasteiger charge is -2.20. The Balaban J connectivity index is 2.29. The number of hydrogen-bond acceptors (Lipinski definition) is 3. The molecule has 0 spiro atoms. The lowest BCUT2D eigenvalue weighted by Crippen LogP contribution is -2.23. The van der Waals surface area contributed by atoms with E-state index in [9.17, 15) is 0 Å². The Labute approximate surface area is 124 Å². The van der Waals surface area contributed by atoms with Gasteiger partial charge in [0.1, 0.15) is 0 Å². The number of likely N-dealkylation sites (N-methyl/N-ethyl adjacent to an activating group) is 1. The maximum atomic E-state index is 6.25. The summed E-state index contributed by atoms with van der Waals surface area (Å²) in [6, 6.07) is 12.0. The molecule has 1 aromatic carbocycles. The number of rotatable bonds is 6. The second-order valence-electron chi connectivity index (χ2n) is 4.51. The summed E-state index contributed by atoms with van der Waals surface area (Å²) in [7, 11) is 1.64. The summed E-state index contributed by atoms with van der Waals surface area (Å²) in [4.78, 5) is 4.27. The molecule has 0 amide bonds. The third-order valence-electron chi connectivity index (χ3n) is 3.20. The van der Waals surface area contributed by atoms with Gasteiger partial charge in [-0.05, 0) is 30.7 Å². The normalized spacial score (nSPS) is 12.2. The summed E-state index contributed by atoms with van der Waals surface area (Å²) < 4.78 is 5.36. The van der Waals surface area contributed by atoms with Crippen LogP contribution in [0.1, 0.15) is 24.1 Å². The molecular weight excluding hydrogens is 272 g/mol. The van der Waals surface area contributed by atoms with E-state index in [1.54, 1.807) is 13.3 Å². The molecule has 0 aliphatic carbocycles. The molecule has 106 valence electrons. The minimum absolute atomic E-state index is 0.128. The van der Waals surface area contributed by atoms with E-state index in [1.807, 2.05) is 30.3 Å². The maximum absolute atomic E-state index is 6.25. The van der Waals surface area contributed by atoms with Crippen molar-refractivity contribution in [1.82, 2.24) is 10.3 Å². The van der Waals surface area contributed by atoms with Crippen LogP contribution in [0, 0.1) is 0 Å². The number of nitrogens with zero attached hydrogens (tertiary/aromatic N) is 1. The highest BCUT2D eigenvalue weighted by atomic mass is 35.5. The van der Waals surface area contributed by atoms with Crippen molar-refractivity contribution in [1.29, 1.82) is 0 Å². The Morgan fingerprint density at radius 3 is 2.75 bits per heavy atom. The van der Waals surface area contributed by atoms with Crippen molar-refractivity contribution in [3.8, 4) is 5.88 Å². The molecule has 3 nitrogen and oxygen atoms in total. The van der Waals surface area contributed by atoms with Gasteiger partial charge >= 0.3 is 0 Å². The zero-order valence-electron chi connectivity index (χ0n) is 11.8. The Morgan fingerprint density at radius 2 is 2.05 bits per heavy atom. The Bertz CT molecular complexity index is 560. The molecule has 1 aromatic heterocycles. The minimum Gasteiger partial charge on any atom is -0.481 e. The molecule has 0 radical (unpaired) electrons. The van der Waals surface area contributed by atoms with E-state index in [2.05, 4.69) is 23.3 Å². The van der Waals surface area contributed by atoms with Gasteiger partial charge in [0.2, 0.25) is 5.88 Å². The fourth-order valence-electron chi connectivity index (χ4n) is 2.26.